The molecule has 1 nitrogen and oxygen atoms in total. The van der Waals surface area contributed by atoms with Crippen LogP contribution in [0.4, 0.5) is 4.39 Å². The van der Waals surface area contributed by atoms with Crippen molar-refractivity contribution in [2.24, 2.45) is 10.8 Å². The third-order valence-corrected chi connectivity index (χ3v) is 4.22. The van der Waals surface area contributed by atoms with E-state index >= 15 is 0 Å². The molecule has 2 heteroatoms. The van der Waals surface area contributed by atoms with Gasteiger partial charge < -0.3 is 5.11 Å². The highest BCUT2D eigenvalue weighted by molar-refractivity contribution is 5.41. The Bertz CT molecular complexity index is 695. The van der Waals surface area contributed by atoms with Gasteiger partial charge >= 0.3 is 0 Å². The summed E-state index contributed by atoms with van der Waals surface area (Å²) < 4.78 is 13.9. The van der Waals surface area contributed by atoms with Crippen LogP contribution in [0.3, 0.4) is 0 Å². The Morgan fingerprint density at radius 2 is 1.25 bits per heavy atom. The summed E-state index contributed by atoms with van der Waals surface area (Å²) in [6.07, 6.45) is 2.19. The lowest BCUT2D eigenvalue weighted by Gasteiger charge is -2.27. The minimum Gasteiger partial charge on any atom is -0.507 e. The quantitative estimate of drug-likeness (QED) is 0.721. The van der Waals surface area contributed by atoms with Gasteiger partial charge in [0, 0.05) is 0 Å². The third-order valence-electron chi connectivity index (χ3n) is 4.22. The maximum absolute atomic E-state index is 13.9. The second kappa shape index (κ2) is 6.96. The Morgan fingerprint density at radius 1 is 0.750 bits per heavy atom. The van der Waals surface area contributed by atoms with Crippen LogP contribution in [-0.4, -0.2) is 5.11 Å². The van der Waals surface area contributed by atoms with Crippen LogP contribution in [0.2, 0.25) is 0 Å². The van der Waals surface area contributed by atoms with Gasteiger partial charge in [0.05, 0.1) is 0 Å². The topological polar surface area (TPSA) is 20.2 Å². The van der Waals surface area contributed by atoms with Gasteiger partial charge in [0.1, 0.15) is 11.6 Å². The minimum atomic E-state index is -0.156. The van der Waals surface area contributed by atoms with Crippen molar-refractivity contribution in [2.75, 3.05) is 0 Å². The molecule has 0 amide bonds. The van der Waals surface area contributed by atoms with Gasteiger partial charge in [-0.15, -0.1) is 0 Å². The number of phenolic OH excluding ortho intramolecular Hbond substituents is 1. The largest absolute Gasteiger partial charge is 0.507 e. The fourth-order valence-corrected chi connectivity index (χ4v) is 3.24. The Kier molecular flexibility index (Phi) is 5.37. The highest BCUT2D eigenvalue weighted by Crippen LogP contribution is 2.35. The summed E-state index contributed by atoms with van der Waals surface area (Å²) in [4.78, 5) is 0. The summed E-state index contributed by atoms with van der Waals surface area (Å²) in [6, 6.07) is 12.9. The molecule has 24 heavy (non-hydrogen) atoms. The van der Waals surface area contributed by atoms with Gasteiger partial charge in [-0.3, -0.25) is 0 Å². The molecule has 0 heterocycles. The maximum atomic E-state index is 13.9. The second-order valence-electron chi connectivity index (χ2n) is 8.77. The van der Waals surface area contributed by atoms with Crippen LogP contribution in [-0.2, 0) is 19.3 Å². The molecule has 2 aromatic carbocycles. The minimum absolute atomic E-state index is 0.124. The Morgan fingerprint density at radius 3 is 1.83 bits per heavy atom. The van der Waals surface area contributed by atoms with Crippen LogP contribution in [0.5, 0.6) is 5.75 Å². The zero-order valence-corrected chi connectivity index (χ0v) is 15.5. The molecule has 0 aliphatic heterocycles. The molecule has 0 fully saturated rings. The molecule has 0 saturated carbocycles. The van der Waals surface area contributed by atoms with E-state index in [0.717, 1.165) is 23.1 Å². The van der Waals surface area contributed by atoms with E-state index in [9.17, 15) is 9.50 Å². The van der Waals surface area contributed by atoms with E-state index in [-0.39, 0.29) is 16.6 Å². The average molecular weight is 328 g/mol. The van der Waals surface area contributed by atoms with Gasteiger partial charge in [0.15, 0.2) is 0 Å². The van der Waals surface area contributed by atoms with Crippen molar-refractivity contribution in [3.8, 4) is 5.75 Å². The average Bonchev–Trinajstić information content (AvgIpc) is 2.44. The normalized spacial score (nSPS) is 12.4. The van der Waals surface area contributed by atoms with Gasteiger partial charge in [0.2, 0.25) is 0 Å². The molecular formula is C22H29FO. The SMILES string of the molecule is CC(C)(C)Cc1cccc(CC(C)(C)Cc2ccccc2F)c1O. The van der Waals surface area contributed by atoms with Crippen LogP contribution >= 0.6 is 0 Å². The summed E-state index contributed by atoms with van der Waals surface area (Å²) >= 11 is 0. The van der Waals surface area contributed by atoms with Crippen LogP contribution in [0.15, 0.2) is 42.5 Å². The third kappa shape index (κ3) is 5.09. The van der Waals surface area contributed by atoms with Gasteiger partial charge in [-0.05, 0) is 52.8 Å². The smallest absolute Gasteiger partial charge is 0.126 e. The second-order valence-corrected chi connectivity index (χ2v) is 8.77. The van der Waals surface area contributed by atoms with Crippen molar-refractivity contribution in [2.45, 2.75) is 53.9 Å². The van der Waals surface area contributed by atoms with E-state index < -0.39 is 0 Å². The van der Waals surface area contributed by atoms with E-state index in [1.54, 1.807) is 6.07 Å². The summed E-state index contributed by atoms with van der Waals surface area (Å²) in [5.74, 6) is 0.241. The summed E-state index contributed by atoms with van der Waals surface area (Å²) in [5, 5.41) is 10.7. The fourth-order valence-electron chi connectivity index (χ4n) is 3.24. The van der Waals surface area contributed by atoms with Gasteiger partial charge in [-0.2, -0.15) is 0 Å². The van der Waals surface area contributed by atoms with E-state index in [0.29, 0.717) is 18.6 Å². The lowest BCUT2D eigenvalue weighted by atomic mass is 9.79. The molecule has 0 radical (unpaired) electrons. The Balaban J connectivity index is 2.20. The van der Waals surface area contributed by atoms with Crippen molar-refractivity contribution in [1.82, 2.24) is 0 Å². The van der Waals surface area contributed by atoms with Crippen LogP contribution in [0.25, 0.3) is 0 Å². The van der Waals surface area contributed by atoms with Crippen molar-refractivity contribution in [3.63, 3.8) is 0 Å². The molecular weight excluding hydrogens is 299 g/mol. The van der Waals surface area contributed by atoms with Crippen LogP contribution < -0.4 is 0 Å². The van der Waals surface area contributed by atoms with Crippen molar-refractivity contribution >= 4 is 0 Å². The molecule has 0 aliphatic carbocycles. The number of para-hydroxylation sites is 1. The number of hydrogen-bond donors (Lipinski definition) is 1. The predicted octanol–water partition coefficient (Wildman–Crippen LogP) is 5.93. The zero-order valence-electron chi connectivity index (χ0n) is 15.5. The number of halogens is 1. The highest BCUT2D eigenvalue weighted by Gasteiger charge is 2.24. The lowest BCUT2D eigenvalue weighted by Crippen LogP contribution is -2.19. The summed E-state index contributed by atoms with van der Waals surface area (Å²) in [5.41, 5.74) is 2.64. The molecule has 0 unspecified atom stereocenters. The lowest BCUT2D eigenvalue weighted by molar-refractivity contribution is 0.344. The molecule has 2 rings (SSSR count). The van der Waals surface area contributed by atoms with E-state index in [4.69, 9.17) is 0 Å². The van der Waals surface area contributed by atoms with Crippen molar-refractivity contribution in [1.29, 1.82) is 0 Å². The van der Waals surface area contributed by atoms with Crippen molar-refractivity contribution in [3.05, 3.63) is 65.0 Å². The summed E-state index contributed by atoms with van der Waals surface area (Å²) in [6.45, 7) is 10.7. The van der Waals surface area contributed by atoms with E-state index in [1.165, 1.54) is 6.07 Å². The molecule has 2 aromatic rings. The summed E-state index contributed by atoms with van der Waals surface area (Å²) in [7, 11) is 0. The first kappa shape index (κ1) is 18.5. The van der Waals surface area contributed by atoms with Gasteiger partial charge in [-0.1, -0.05) is 71.0 Å². The molecule has 0 saturated heterocycles. The molecule has 0 bridgehead atoms. The van der Waals surface area contributed by atoms with Gasteiger partial charge in [-0.25, -0.2) is 4.39 Å². The molecule has 0 spiro atoms. The predicted molar refractivity (Wildman–Crippen MR) is 98.9 cm³/mol. The maximum Gasteiger partial charge on any atom is 0.126 e. The molecule has 0 atom stereocenters. The Labute approximate surface area is 145 Å². The number of phenols is 1. The molecule has 1 N–H and O–H groups in total. The van der Waals surface area contributed by atoms with Gasteiger partial charge in [0.25, 0.3) is 0 Å². The van der Waals surface area contributed by atoms with E-state index in [1.807, 2.05) is 30.3 Å². The van der Waals surface area contributed by atoms with Crippen molar-refractivity contribution < 1.29 is 9.50 Å². The highest BCUT2D eigenvalue weighted by atomic mass is 19.1. The number of hydrogen-bond acceptors (Lipinski definition) is 1. The monoisotopic (exact) mass is 328 g/mol. The zero-order chi connectivity index (χ0) is 18.0. The van der Waals surface area contributed by atoms with Crippen LogP contribution in [0, 0.1) is 16.6 Å². The van der Waals surface area contributed by atoms with E-state index in [2.05, 4.69) is 34.6 Å². The number of aromatic hydroxyl groups is 1. The first-order valence-corrected chi connectivity index (χ1v) is 8.61. The molecule has 130 valence electrons. The number of benzene rings is 2. The number of rotatable bonds is 5. The van der Waals surface area contributed by atoms with Crippen LogP contribution in [0.1, 0.15) is 51.3 Å². The Hall–Kier alpha value is -1.83. The fraction of sp³-hybridized carbons (Fsp3) is 0.455. The first-order valence-electron chi connectivity index (χ1n) is 8.61. The molecule has 0 aliphatic rings. The standard InChI is InChI=1S/C22H29FO/c1-21(2,3)13-17-10-8-11-18(20(17)24)15-22(4,5)14-16-9-6-7-12-19(16)23/h6-12,24H,13-15H2,1-5H3. The molecule has 0 aromatic heterocycles. The first-order chi connectivity index (χ1) is 11.1.